The minimum absolute atomic E-state index is 0.204. The van der Waals surface area contributed by atoms with Crippen molar-refractivity contribution >= 4 is 5.69 Å². The third-order valence-electron chi connectivity index (χ3n) is 3.26. The Hall–Kier alpha value is -1.53. The molecule has 1 saturated heterocycles. The molecule has 1 aliphatic rings. The van der Waals surface area contributed by atoms with Gasteiger partial charge >= 0.3 is 0 Å². The molecule has 0 amide bonds. The fourth-order valence-electron chi connectivity index (χ4n) is 2.11. The van der Waals surface area contributed by atoms with Crippen molar-refractivity contribution in [3.8, 4) is 0 Å². The molecule has 0 spiro atoms. The minimum atomic E-state index is -0.583. The molecule has 1 atom stereocenters. The number of nitrogens with zero attached hydrogens (tertiary/aromatic N) is 2. The van der Waals surface area contributed by atoms with Gasteiger partial charge in [0.25, 0.3) is 5.69 Å². The van der Waals surface area contributed by atoms with Gasteiger partial charge in [-0.15, -0.1) is 0 Å². The highest BCUT2D eigenvalue weighted by atomic mass is 19.1. The fourth-order valence-corrected chi connectivity index (χ4v) is 2.11. The molecule has 0 aliphatic carbocycles. The van der Waals surface area contributed by atoms with Crippen LogP contribution in [0.1, 0.15) is 12.5 Å². The van der Waals surface area contributed by atoms with Crippen molar-refractivity contribution in [1.29, 1.82) is 0 Å². The van der Waals surface area contributed by atoms with Gasteiger partial charge in [0.2, 0.25) is 0 Å². The Bertz CT molecular complexity index is 453. The van der Waals surface area contributed by atoms with E-state index in [2.05, 4.69) is 17.1 Å². The van der Waals surface area contributed by atoms with Gasteiger partial charge in [0.05, 0.1) is 11.0 Å². The normalized spacial score (nSPS) is 20.9. The first kappa shape index (κ1) is 12.9. The molecule has 0 aromatic heterocycles. The Balaban J connectivity index is 2.11. The van der Waals surface area contributed by atoms with Gasteiger partial charge in [-0.3, -0.25) is 15.0 Å². The van der Waals surface area contributed by atoms with Crippen LogP contribution in [0.3, 0.4) is 0 Å². The van der Waals surface area contributed by atoms with Gasteiger partial charge in [-0.1, -0.05) is 0 Å². The number of piperazine rings is 1. The zero-order valence-corrected chi connectivity index (χ0v) is 10.2. The SMILES string of the molecule is C[C@H]1CNCCN1Cc1ccc([N+](=O)[O-])cc1F. The molecule has 0 unspecified atom stereocenters. The molecule has 18 heavy (non-hydrogen) atoms. The second-order valence-electron chi connectivity index (χ2n) is 4.56. The van der Waals surface area contributed by atoms with Gasteiger partial charge in [-0.25, -0.2) is 4.39 Å². The van der Waals surface area contributed by atoms with Gasteiger partial charge in [0.15, 0.2) is 0 Å². The summed E-state index contributed by atoms with van der Waals surface area (Å²) in [5.41, 5.74) is 0.305. The second kappa shape index (κ2) is 5.41. The summed E-state index contributed by atoms with van der Waals surface area (Å²) in [6.45, 7) is 5.20. The number of halogens is 1. The van der Waals surface area contributed by atoms with E-state index in [1.807, 2.05) is 0 Å². The van der Waals surface area contributed by atoms with Crippen molar-refractivity contribution in [1.82, 2.24) is 10.2 Å². The minimum Gasteiger partial charge on any atom is -0.314 e. The van der Waals surface area contributed by atoms with Gasteiger partial charge in [0, 0.05) is 43.9 Å². The lowest BCUT2D eigenvalue weighted by molar-refractivity contribution is -0.385. The summed E-state index contributed by atoms with van der Waals surface area (Å²) >= 11 is 0. The van der Waals surface area contributed by atoms with Crippen molar-refractivity contribution < 1.29 is 9.31 Å². The Labute approximate surface area is 105 Å². The lowest BCUT2D eigenvalue weighted by Gasteiger charge is -2.33. The van der Waals surface area contributed by atoms with E-state index < -0.39 is 10.7 Å². The number of nitro groups is 1. The molecular formula is C12H16FN3O2. The predicted octanol–water partition coefficient (Wildman–Crippen LogP) is 1.53. The summed E-state index contributed by atoms with van der Waals surface area (Å²) in [5.74, 6) is -0.505. The van der Waals surface area contributed by atoms with Crippen LogP contribution in [0.25, 0.3) is 0 Å². The smallest absolute Gasteiger partial charge is 0.272 e. The number of nitro benzene ring substituents is 1. The van der Waals surface area contributed by atoms with Crippen LogP contribution in [0.4, 0.5) is 10.1 Å². The maximum atomic E-state index is 13.7. The molecule has 1 aromatic rings. The van der Waals surface area contributed by atoms with E-state index in [0.717, 1.165) is 25.7 Å². The highest BCUT2D eigenvalue weighted by Gasteiger charge is 2.20. The molecule has 6 heteroatoms. The maximum absolute atomic E-state index is 13.7. The maximum Gasteiger partial charge on any atom is 0.272 e. The largest absolute Gasteiger partial charge is 0.314 e. The zero-order valence-electron chi connectivity index (χ0n) is 10.2. The first-order valence-corrected chi connectivity index (χ1v) is 5.95. The summed E-state index contributed by atoms with van der Waals surface area (Å²) in [4.78, 5) is 12.1. The molecular weight excluding hydrogens is 237 g/mol. The predicted molar refractivity (Wildman–Crippen MR) is 65.8 cm³/mol. The molecule has 98 valence electrons. The van der Waals surface area contributed by atoms with Crippen LogP contribution in [0.5, 0.6) is 0 Å². The number of non-ortho nitro benzene ring substituents is 1. The summed E-state index contributed by atoms with van der Waals surface area (Å²) in [5, 5.41) is 13.8. The van der Waals surface area contributed by atoms with E-state index in [9.17, 15) is 14.5 Å². The highest BCUT2D eigenvalue weighted by Crippen LogP contribution is 2.19. The Morgan fingerprint density at radius 1 is 1.61 bits per heavy atom. The van der Waals surface area contributed by atoms with E-state index >= 15 is 0 Å². The Kier molecular flexibility index (Phi) is 3.88. The van der Waals surface area contributed by atoms with Crippen molar-refractivity contribution in [3.63, 3.8) is 0 Å². The molecule has 1 N–H and O–H groups in total. The molecule has 0 bridgehead atoms. The summed E-state index contributed by atoms with van der Waals surface area (Å²) in [7, 11) is 0. The van der Waals surface area contributed by atoms with Crippen LogP contribution in [-0.2, 0) is 6.54 Å². The van der Waals surface area contributed by atoms with Gasteiger partial charge in [0.1, 0.15) is 5.82 Å². The molecule has 1 heterocycles. The average molecular weight is 253 g/mol. The Morgan fingerprint density at radius 2 is 2.39 bits per heavy atom. The van der Waals surface area contributed by atoms with Crippen LogP contribution in [0.15, 0.2) is 18.2 Å². The molecule has 0 saturated carbocycles. The van der Waals surface area contributed by atoms with Crippen molar-refractivity contribution in [3.05, 3.63) is 39.7 Å². The van der Waals surface area contributed by atoms with Crippen molar-refractivity contribution in [2.45, 2.75) is 19.5 Å². The van der Waals surface area contributed by atoms with E-state index in [0.29, 0.717) is 18.2 Å². The molecule has 1 fully saturated rings. The molecule has 1 aliphatic heterocycles. The highest BCUT2D eigenvalue weighted by molar-refractivity contribution is 5.34. The zero-order chi connectivity index (χ0) is 13.1. The molecule has 5 nitrogen and oxygen atoms in total. The lowest BCUT2D eigenvalue weighted by atomic mass is 10.1. The number of benzene rings is 1. The van der Waals surface area contributed by atoms with E-state index in [4.69, 9.17) is 0 Å². The third kappa shape index (κ3) is 2.83. The summed E-state index contributed by atoms with van der Waals surface area (Å²) < 4.78 is 13.7. The molecule has 2 rings (SSSR count). The standard InChI is InChI=1S/C12H16FN3O2/c1-9-7-14-4-5-15(9)8-10-2-3-11(16(17)18)6-12(10)13/h2-3,6,9,14H,4-5,7-8H2,1H3/t9-/m0/s1. The van der Waals surface area contributed by atoms with Crippen LogP contribution in [0, 0.1) is 15.9 Å². The first-order valence-electron chi connectivity index (χ1n) is 5.95. The van der Waals surface area contributed by atoms with Crippen molar-refractivity contribution in [2.24, 2.45) is 0 Å². The van der Waals surface area contributed by atoms with E-state index in [1.165, 1.54) is 12.1 Å². The van der Waals surface area contributed by atoms with Crippen LogP contribution >= 0.6 is 0 Å². The van der Waals surface area contributed by atoms with Gasteiger partial charge in [-0.05, 0) is 13.0 Å². The van der Waals surface area contributed by atoms with Crippen molar-refractivity contribution in [2.75, 3.05) is 19.6 Å². The van der Waals surface area contributed by atoms with Gasteiger partial charge in [-0.2, -0.15) is 0 Å². The topological polar surface area (TPSA) is 58.4 Å². The number of rotatable bonds is 3. The quantitative estimate of drug-likeness (QED) is 0.655. The molecule has 0 radical (unpaired) electrons. The first-order chi connectivity index (χ1) is 8.58. The van der Waals surface area contributed by atoms with E-state index in [-0.39, 0.29) is 5.69 Å². The fraction of sp³-hybridized carbons (Fsp3) is 0.500. The number of hydrogen-bond acceptors (Lipinski definition) is 4. The third-order valence-corrected chi connectivity index (χ3v) is 3.26. The van der Waals surface area contributed by atoms with Crippen LogP contribution in [-0.4, -0.2) is 35.5 Å². The average Bonchev–Trinajstić information content (AvgIpc) is 2.34. The lowest BCUT2D eigenvalue weighted by Crippen LogP contribution is -2.49. The number of hydrogen-bond donors (Lipinski definition) is 1. The van der Waals surface area contributed by atoms with E-state index in [1.54, 1.807) is 0 Å². The van der Waals surface area contributed by atoms with Gasteiger partial charge < -0.3 is 5.32 Å². The Morgan fingerprint density at radius 3 is 3.00 bits per heavy atom. The number of nitrogens with one attached hydrogen (secondary N) is 1. The second-order valence-corrected chi connectivity index (χ2v) is 4.56. The van der Waals surface area contributed by atoms with Crippen LogP contribution < -0.4 is 5.32 Å². The monoisotopic (exact) mass is 253 g/mol. The van der Waals surface area contributed by atoms with Crippen LogP contribution in [0.2, 0.25) is 0 Å². The summed E-state index contributed by atoms with van der Waals surface area (Å²) in [6, 6.07) is 4.18. The summed E-state index contributed by atoms with van der Waals surface area (Å²) in [6.07, 6.45) is 0. The molecule has 1 aromatic carbocycles.